The first kappa shape index (κ1) is 24.2. The third-order valence-corrected chi connectivity index (χ3v) is 6.33. The van der Waals surface area contributed by atoms with E-state index in [9.17, 15) is 10.1 Å². The Balaban J connectivity index is 1.06. The van der Waals surface area contributed by atoms with Crippen LogP contribution in [0.25, 0.3) is 11.1 Å². The molecule has 10 heteroatoms. The Kier molecular flexibility index (Phi) is 7.75. The second-order valence-electron chi connectivity index (χ2n) is 8.91. The normalized spacial score (nSPS) is 17.8. The second-order valence-corrected chi connectivity index (χ2v) is 8.91. The van der Waals surface area contributed by atoms with E-state index in [0.29, 0.717) is 26.4 Å². The summed E-state index contributed by atoms with van der Waals surface area (Å²) in [5.74, 6) is 0.663. The SMILES string of the molecule is O=[N+]([O-])c1cn2c(n1)OC[C@@H](OCc1ccc(-c3ccc(OCCCN4CCOCC4)cc3)cc1)C2. The highest BCUT2D eigenvalue weighted by Crippen LogP contribution is 2.25. The summed E-state index contributed by atoms with van der Waals surface area (Å²) in [7, 11) is 0. The summed E-state index contributed by atoms with van der Waals surface area (Å²) in [4.78, 5) is 16.6. The molecule has 1 saturated heterocycles. The molecule has 1 aromatic heterocycles. The van der Waals surface area contributed by atoms with Gasteiger partial charge in [0.2, 0.25) is 0 Å². The molecule has 3 heterocycles. The zero-order valence-electron chi connectivity index (χ0n) is 20.1. The van der Waals surface area contributed by atoms with Crippen molar-refractivity contribution in [3.63, 3.8) is 0 Å². The lowest BCUT2D eigenvalue weighted by atomic mass is 10.0. The zero-order valence-corrected chi connectivity index (χ0v) is 20.1. The maximum Gasteiger partial charge on any atom is 0.414 e. The fourth-order valence-electron chi connectivity index (χ4n) is 4.31. The van der Waals surface area contributed by atoms with Gasteiger partial charge in [-0.3, -0.25) is 9.47 Å². The average Bonchev–Trinajstić information content (AvgIpc) is 3.35. The Bertz CT molecular complexity index is 1140. The number of morpholine rings is 1. The van der Waals surface area contributed by atoms with E-state index in [2.05, 4.69) is 34.1 Å². The van der Waals surface area contributed by atoms with Gasteiger partial charge in [-0.15, -0.1) is 0 Å². The Morgan fingerprint density at radius 1 is 1.06 bits per heavy atom. The zero-order chi connectivity index (χ0) is 24.7. The van der Waals surface area contributed by atoms with Crippen molar-refractivity contribution in [3.05, 3.63) is 70.4 Å². The van der Waals surface area contributed by atoms with E-state index < -0.39 is 4.92 Å². The van der Waals surface area contributed by atoms with Crippen molar-refractivity contribution in [3.8, 4) is 22.9 Å². The number of ether oxygens (including phenoxy) is 4. The molecule has 2 aliphatic rings. The molecule has 0 amide bonds. The van der Waals surface area contributed by atoms with Crippen LogP contribution in [-0.4, -0.2) is 71.5 Å². The van der Waals surface area contributed by atoms with Gasteiger partial charge in [0.25, 0.3) is 0 Å². The molecule has 0 aliphatic carbocycles. The Morgan fingerprint density at radius 3 is 2.50 bits per heavy atom. The molecule has 1 atom stereocenters. The van der Waals surface area contributed by atoms with Crippen molar-refractivity contribution in [1.82, 2.24) is 14.5 Å². The maximum absolute atomic E-state index is 10.9. The number of benzene rings is 2. The fourth-order valence-corrected chi connectivity index (χ4v) is 4.31. The highest BCUT2D eigenvalue weighted by Gasteiger charge is 2.28. The molecule has 190 valence electrons. The topological polar surface area (TPSA) is 101 Å². The minimum atomic E-state index is -0.527. The van der Waals surface area contributed by atoms with Crippen LogP contribution in [0, 0.1) is 10.1 Å². The van der Waals surface area contributed by atoms with Crippen molar-refractivity contribution in [2.75, 3.05) is 46.1 Å². The molecule has 0 radical (unpaired) electrons. The Hall–Kier alpha value is -3.47. The summed E-state index contributed by atoms with van der Waals surface area (Å²) >= 11 is 0. The molecule has 1 fully saturated rings. The number of imidazole rings is 1. The lowest BCUT2D eigenvalue weighted by Crippen LogP contribution is -2.37. The molecule has 3 aromatic rings. The second kappa shape index (κ2) is 11.5. The molecule has 5 rings (SSSR count). The van der Waals surface area contributed by atoms with Gasteiger partial charge in [-0.05, 0) is 40.2 Å². The van der Waals surface area contributed by atoms with Gasteiger partial charge in [0.05, 0.1) is 33.0 Å². The standard InChI is InChI=1S/C26H30N4O6/c31-30(32)25-17-29-16-24(19-36-26(29)27-25)35-18-20-2-4-21(5-3-20)22-6-8-23(9-7-22)34-13-1-10-28-11-14-33-15-12-28/h2-9,17,24H,1,10-16,18-19H2/t24-/m0/s1. The van der Waals surface area contributed by atoms with Gasteiger partial charge in [-0.2, -0.15) is 0 Å². The summed E-state index contributed by atoms with van der Waals surface area (Å²) in [5, 5.41) is 10.9. The number of nitro groups is 1. The predicted octanol–water partition coefficient (Wildman–Crippen LogP) is 3.54. The smallest absolute Gasteiger partial charge is 0.414 e. The van der Waals surface area contributed by atoms with E-state index in [1.54, 1.807) is 4.57 Å². The molecular weight excluding hydrogens is 464 g/mol. The van der Waals surface area contributed by atoms with Crippen LogP contribution in [0.1, 0.15) is 12.0 Å². The summed E-state index contributed by atoms with van der Waals surface area (Å²) in [6.45, 7) is 6.62. The monoisotopic (exact) mass is 494 g/mol. The Labute approximate surface area is 209 Å². The number of hydrogen-bond donors (Lipinski definition) is 0. The van der Waals surface area contributed by atoms with E-state index in [-0.39, 0.29) is 17.9 Å². The number of rotatable bonds is 10. The highest BCUT2D eigenvalue weighted by molar-refractivity contribution is 5.64. The van der Waals surface area contributed by atoms with E-state index in [1.807, 2.05) is 24.3 Å². The van der Waals surface area contributed by atoms with Crippen LogP contribution in [0.15, 0.2) is 54.7 Å². The van der Waals surface area contributed by atoms with Gasteiger partial charge >= 0.3 is 11.8 Å². The van der Waals surface area contributed by atoms with Gasteiger partial charge in [0.1, 0.15) is 24.7 Å². The average molecular weight is 495 g/mol. The lowest BCUT2D eigenvalue weighted by Gasteiger charge is -2.26. The van der Waals surface area contributed by atoms with Crippen LogP contribution >= 0.6 is 0 Å². The summed E-state index contributed by atoms with van der Waals surface area (Å²) in [6, 6.07) is 16.7. The van der Waals surface area contributed by atoms with Crippen molar-refractivity contribution in [2.24, 2.45) is 0 Å². The number of hydrogen-bond acceptors (Lipinski definition) is 8. The quantitative estimate of drug-likeness (QED) is 0.240. The third kappa shape index (κ3) is 6.20. The molecule has 2 aliphatic heterocycles. The van der Waals surface area contributed by atoms with Gasteiger partial charge in [0, 0.05) is 24.6 Å². The van der Waals surface area contributed by atoms with Crippen molar-refractivity contribution >= 4 is 5.82 Å². The largest absolute Gasteiger partial charge is 0.494 e. The minimum absolute atomic E-state index is 0.201. The van der Waals surface area contributed by atoms with Crippen LogP contribution in [0.5, 0.6) is 11.8 Å². The van der Waals surface area contributed by atoms with Crippen LogP contribution in [0.4, 0.5) is 5.82 Å². The van der Waals surface area contributed by atoms with E-state index in [4.69, 9.17) is 18.9 Å². The van der Waals surface area contributed by atoms with E-state index in [0.717, 1.165) is 61.7 Å². The summed E-state index contributed by atoms with van der Waals surface area (Å²) in [5.41, 5.74) is 3.29. The molecule has 2 aromatic carbocycles. The first-order valence-electron chi connectivity index (χ1n) is 12.2. The van der Waals surface area contributed by atoms with Crippen LogP contribution < -0.4 is 9.47 Å². The minimum Gasteiger partial charge on any atom is -0.494 e. The highest BCUT2D eigenvalue weighted by atomic mass is 16.6. The molecule has 0 spiro atoms. The predicted molar refractivity (Wildman–Crippen MR) is 132 cm³/mol. The van der Waals surface area contributed by atoms with Gasteiger partial charge in [0.15, 0.2) is 0 Å². The maximum atomic E-state index is 10.9. The molecule has 10 nitrogen and oxygen atoms in total. The molecule has 0 bridgehead atoms. The molecular formula is C26H30N4O6. The van der Waals surface area contributed by atoms with Crippen molar-refractivity contribution in [1.29, 1.82) is 0 Å². The summed E-state index contributed by atoms with van der Waals surface area (Å²) < 4.78 is 24.4. The number of nitrogens with zero attached hydrogens (tertiary/aromatic N) is 4. The van der Waals surface area contributed by atoms with Gasteiger partial charge in [-0.1, -0.05) is 36.4 Å². The Morgan fingerprint density at radius 2 is 1.78 bits per heavy atom. The number of fused-ring (bicyclic) bond motifs is 1. The summed E-state index contributed by atoms with van der Waals surface area (Å²) in [6.07, 6.45) is 2.18. The fraction of sp³-hybridized carbons (Fsp3) is 0.423. The van der Waals surface area contributed by atoms with E-state index >= 15 is 0 Å². The van der Waals surface area contributed by atoms with Gasteiger partial charge < -0.3 is 29.1 Å². The molecule has 36 heavy (non-hydrogen) atoms. The molecule has 0 N–H and O–H groups in total. The first-order chi connectivity index (χ1) is 17.6. The molecule has 0 saturated carbocycles. The van der Waals surface area contributed by atoms with E-state index in [1.165, 1.54) is 6.20 Å². The third-order valence-electron chi connectivity index (χ3n) is 6.33. The number of aromatic nitrogens is 2. The van der Waals surface area contributed by atoms with Crippen LogP contribution in [-0.2, 0) is 22.6 Å². The van der Waals surface area contributed by atoms with Crippen molar-refractivity contribution in [2.45, 2.75) is 25.7 Å². The van der Waals surface area contributed by atoms with Crippen molar-refractivity contribution < 1.29 is 23.9 Å². The van der Waals surface area contributed by atoms with Crippen LogP contribution in [0.3, 0.4) is 0 Å². The molecule has 0 unspecified atom stereocenters. The van der Waals surface area contributed by atoms with Gasteiger partial charge in [-0.25, -0.2) is 0 Å². The first-order valence-corrected chi connectivity index (χ1v) is 12.2. The lowest BCUT2D eigenvalue weighted by molar-refractivity contribution is -0.389. The van der Waals surface area contributed by atoms with Crippen LogP contribution in [0.2, 0.25) is 0 Å².